The van der Waals surface area contributed by atoms with E-state index < -0.39 is 0 Å². The first kappa shape index (κ1) is 11.0. The maximum atomic E-state index is 12.0. The number of hydrogen-bond donors (Lipinski definition) is 2. The number of morpholine rings is 1. The van der Waals surface area contributed by atoms with Crippen LogP contribution < -0.4 is 5.73 Å². The second kappa shape index (κ2) is 4.58. The number of rotatable bonds is 2. The molecule has 1 aromatic rings. The van der Waals surface area contributed by atoms with Gasteiger partial charge in [0.1, 0.15) is 0 Å². The number of aromatic amines is 1. The zero-order valence-corrected chi connectivity index (χ0v) is 9.09. The van der Waals surface area contributed by atoms with Crippen LogP contribution >= 0.6 is 0 Å². The average molecular weight is 225 g/mol. The molecule has 7 nitrogen and oxygen atoms in total. The van der Waals surface area contributed by atoms with Gasteiger partial charge in [-0.25, -0.2) is 0 Å². The second-order valence-corrected chi connectivity index (χ2v) is 3.85. The molecule has 2 atom stereocenters. The van der Waals surface area contributed by atoms with Crippen molar-refractivity contribution in [3.63, 3.8) is 0 Å². The van der Waals surface area contributed by atoms with Crippen molar-refractivity contribution in [1.29, 1.82) is 0 Å². The molecule has 1 fully saturated rings. The average Bonchev–Trinajstić information content (AvgIpc) is 2.82. The number of aromatic nitrogens is 3. The van der Waals surface area contributed by atoms with Crippen LogP contribution in [0.5, 0.6) is 0 Å². The summed E-state index contributed by atoms with van der Waals surface area (Å²) in [4.78, 5) is 13.8. The molecule has 7 heteroatoms. The van der Waals surface area contributed by atoms with E-state index in [1.807, 2.05) is 6.92 Å². The Morgan fingerprint density at radius 1 is 1.81 bits per heavy atom. The summed E-state index contributed by atoms with van der Waals surface area (Å²) in [6.07, 6.45) is 1.33. The molecule has 2 unspecified atom stereocenters. The summed E-state index contributed by atoms with van der Waals surface area (Å²) < 4.78 is 5.47. The molecule has 2 heterocycles. The molecule has 3 N–H and O–H groups in total. The first-order chi connectivity index (χ1) is 7.72. The Morgan fingerprint density at radius 2 is 2.62 bits per heavy atom. The third-order valence-electron chi connectivity index (χ3n) is 2.66. The number of carbonyl (C=O) groups is 1. The van der Waals surface area contributed by atoms with Crippen LogP contribution in [0, 0.1) is 0 Å². The number of H-pyrrole nitrogens is 1. The Labute approximate surface area is 92.9 Å². The first-order valence-electron chi connectivity index (χ1n) is 5.20. The highest BCUT2D eigenvalue weighted by atomic mass is 16.5. The van der Waals surface area contributed by atoms with E-state index in [1.165, 1.54) is 6.20 Å². The third kappa shape index (κ3) is 2.05. The maximum Gasteiger partial charge on any atom is 0.276 e. The Hall–Kier alpha value is -1.47. The number of nitrogens with two attached hydrogens (primary N) is 1. The molecule has 1 saturated heterocycles. The zero-order valence-electron chi connectivity index (χ0n) is 9.09. The van der Waals surface area contributed by atoms with E-state index >= 15 is 0 Å². The van der Waals surface area contributed by atoms with Crippen LogP contribution in [-0.4, -0.2) is 58.1 Å². The van der Waals surface area contributed by atoms with E-state index in [0.29, 0.717) is 25.4 Å². The smallest absolute Gasteiger partial charge is 0.276 e. The van der Waals surface area contributed by atoms with Crippen molar-refractivity contribution in [2.75, 3.05) is 19.7 Å². The highest BCUT2D eigenvalue weighted by molar-refractivity contribution is 5.92. The lowest BCUT2D eigenvalue weighted by molar-refractivity contribution is -0.0427. The van der Waals surface area contributed by atoms with Crippen molar-refractivity contribution in [2.24, 2.45) is 5.73 Å². The van der Waals surface area contributed by atoms with Crippen LogP contribution in [0.4, 0.5) is 0 Å². The minimum absolute atomic E-state index is 0.0343. The van der Waals surface area contributed by atoms with Gasteiger partial charge >= 0.3 is 0 Å². The molecule has 0 radical (unpaired) electrons. The van der Waals surface area contributed by atoms with Crippen molar-refractivity contribution in [3.8, 4) is 0 Å². The van der Waals surface area contributed by atoms with E-state index in [1.54, 1.807) is 4.90 Å². The summed E-state index contributed by atoms with van der Waals surface area (Å²) in [6, 6.07) is 0.0343. The largest absolute Gasteiger partial charge is 0.373 e. The molecular formula is C9H15N5O2. The van der Waals surface area contributed by atoms with Crippen LogP contribution in [0.15, 0.2) is 6.20 Å². The van der Waals surface area contributed by atoms with E-state index in [4.69, 9.17) is 10.5 Å². The van der Waals surface area contributed by atoms with Gasteiger partial charge in [0.15, 0.2) is 5.69 Å². The van der Waals surface area contributed by atoms with Crippen LogP contribution in [0.25, 0.3) is 0 Å². The van der Waals surface area contributed by atoms with Crippen molar-refractivity contribution in [2.45, 2.75) is 19.1 Å². The standard InChI is InChI=1S/C9H15N5O2/c1-6-5-16-7(2-10)4-14(6)9(15)8-3-11-13-12-8/h3,6-7H,2,4-5,10H2,1H3,(H,11,12,13). The lowest BCUT2D eigenvalue weighted by Crippen LogP contribution is -2.53. The molecule has 2 rings (SSSR count). The first-order valence-corrected chi connectivity index (χ1v) is 5.20. The number of carbonyl (C=O) groups excluding carboxylic acids is 1. The molecule has 0 bridgehead atoms. The topological polar surface area (TPSA) is 97.1 Å². The third-order valence-corrected chi connectivity index (χ3v) is 2.66. The number of hydrogen-bond acceptors (Lipinski definition) is 5. The summed E-state index contributed by atoms with van der Waals surface area (Å²) >= 11 is 0. The van der Waals surface area contributed by atoms with Crippen molar-refractivity contribution in [3.05, 3.63) is 11.9 Å². The summed E-state index contributed by atoms with van der Waals surface area (Å²) in [5.41, 5.74) is 5.86. The van der Waals surface area contributed by atoms with Gasteiger partial charge < -0.3 is 15.4 Å². The lowest BCUT2D eigenvalue weighted by Gasteiger charge is -2.37. The monoisotopic (exact) mass is 225 g/mol. The van der Waals surface area contributed by atoms with Gasteiger partial charge in [0.05, 0.1) is 24.9 Å². The van der Waals surface area contributed by atoms with Crippen LogP contribution in [-0.2, 0) is 4.74 Å². The van der Waals surface area contributed by atoms with Crippen LogP contribution in [0.1, 0.15) is 17.4 Å². The van der Waals surface area contributed by atoms with Gasteiger partial charge in [-0.3, -0.25) is 4.79 Å². The molecule has 0 spiro atoms. The van der Waals surface area contributed by atoms with Gasteiger partial charge in [-0.15, -0.1) is 0 Å². The van der Waals surface area contributed by atoms with Gasteiger partial charge in [-0.2, -0.15) is 15.4 Å². The van der Waals surface area contributed by atoms with E-state index in [-0.39, 0.29) is 18.1 Å². The van der Waals surface area contributed by atoms with Gasteiger partial charge in [0, 0.05) is 13.1 Å². The molecule has 1 amide bonds. The van der Waals surface area contributed by atoms with Gasteiger partial charge in [0.2, 0.25) is 0 Å². The summed E-state index contributed by atoms with van der Waals surface area (Å²) in [6.45, 7) is 3.36. The Kier molecular flexibility index (Phi) is 3.16. The molecule has 16 heavy (non-hydrogen) atoms. The van der Waals surface area contributed by atoms with Gasteiger partial charge in [-0.05, 0) is 6.92 Å². The van der Waals surface area contributed by atoms with E-state index in [2.05, 4.69) is 15.4 Å². The quantitative estimate of drug-likeness (QED) is 0.672. The Morgan fingerprint density at radius 3 is 3.25 bits per heavy atom. The number of ether oxygens (including phenoxy) is 1. The summed E-state index contributed by atoms with van der Waals surface area (Å²) in [7, 11) is 0. The molecule has 1 aliphatic heterocycles. The minimum Gasteiger partial charge on any atom is -0.373 e. The fourth-order valence-corrected chi connectivity index (χ4v) is 1.69. The lowest BCUT2D eigenvalue weighted by atomic mass is 10.2. The Balaban J connectivity index is 2.09. The fourth-order valence-electron chi connectivity index (χ4n) is 1.69. The number of nitrogens with one attached hydrogen (secondary N) is 1. The van der Waals surface area contributed by atoms with Crippen LogP contribution in [0.2, 0.25) is 0 Å². The number of nitrogens with zero attached hydrogens (tertiary/aromatic N) is 3. The predicted octanol–water partition coefficient (Wildman–Crippen LogP) is -1.01. The molecule has 0 aliphatic carbocycles. The second-order valence-electron chi connectivity index (χ2n) is 3.85. The maximum absolute atomic E-state index is 12.0. The highest BCUT2D eigenvalue weighted by Crippen LogP contribution is 2.13. The normalized spacial score (nSPS) is 25.8. The highest BCUT2D eigenvalue weighted by Gasteiger charge is 2.30. The minimum atomic E-state index is -0.136. The van der Waals surface area contributed by atoms with E-state index in [0.717, 1.165) is 0 Å². The molecular weight excluding hydrogens is 210 g/mol. The van der Waals surface area contributed by atoms with Crippen molar-refractivity contribution < 1.29 is 9.53 Å². The predicted molar refractivity (Wildman–Crippen MR) is 55.7 cm³/mol. The van der Waals surface area contributed by atoms with Gasteiger partial charge in [0.25, 0.3) is 5.91 Å². The van der Waals surface area contributed by atoms with Gasteiger partial charge in [-0.1, -0.05) is 0 Å². The van der Waals surface area contributed by atoms with E-state index in [9.17, 15) is 4.79 Å². The fraction of sp³-hybridized carbons (Fsp3) is 0.667. The Bertz CT molecular complexity index is 353. The summed E-state index contributed by atoms with van der Waals surface area (Å²) in [5, 5.41) is 9.83. The van der Waals surface area contributed by atoms with Crippen LogP contribution in [0.3, 0.4) is 0 Å². The molecule has 0 aromatic carbocycles. The SMILES string of the molecule is CC1COC(CN)CN1C(=O)c1cn[nH]n1. The van der Waals surface area contributed by atoms with Crippen molar-refractivity contribution in [1.82, 2.24) is 20.3 Å². The van der Waals surface area contributed by atoms with Crippen molar-refractivity contribution >= 4 is 5.91 Å². The number of amides is 1. The molecule has 88 valence electrons. The zero-order chi connectivity index (χ0) is 11.5. The molecule has 0 saturated carbocycles. The molecule has 1 aliphatic rings. The summed E-state index contributed by atoms with van der Waals surface area (Å²) in [5.74, 6) is -0.136. The molecule has 1 aromatic heterocycles.